The molecule has 0 radical (unpaired) electrons. The first-order valence-electron chi connectivity index (χ1n) is 11.7. The predicted octanol–water partition coefficient (Wildman–Crippen LogP) is 5.28. The Bertz CT molecular complexity index is 602. The topological polar surface area (TPSA) is 42.0 Å². The molecular weight excluding hydrogens is 376 g/mol. The van der Waals surface area contributed by atoms with E-state index in [2.05, 4.69) is 59.6 Å². The number of hydrogen-bond donors (Lipinski definition) is 0. The van der Waals surface area contributed by atoms with Crippen molar-refractivity contribution in [1.82, 2.24) is 4.90 Å². The van der Waals surface area contributed by atoms with Crippen LogP contribution in [0.25, 0.3) is 0 Å². The van der Waals surface area contributed by atoms with Crippen molar-refractivity contribution < 1.29 is 14.3 Å². The Kier molecular flexibility index (Phi) is 10.5. The molecule has 1 fully saturated rings. The van der Waals surface area contributed by atoms with Gasteiger partial charge in [-0.3, -0.25) is 9.69 Å². The average molecular weight is 419 g/mol. The monoisotopic (exact) mass is 418 g/mol. The summed E-state index contributed by atoms with van der Waals surface area (Å²) in [7, 11) is 1.45. The maximum Gasteiger partial charge on any atom is 0.305 e. The maximum atomic E-state index is 11.0. The molecule has 1 saturated heterocycles. The second kappa shape index (κ2) is 12.8. The summed E-state index contributed by atoms with van der Waals surface area (Å²) in [4.78, 5) is 16.1. The summed E-state index contributed by atoms with van der Waals surface area (Å²) < 4.78 is 10.6. The van der Waals surface area contributed by atoms with E-state index < -0.39 is 0 Å². The van der Waals surface area contributed by atoms with Crippen LogP contribution in [0.4, 0.5) is 5.69 Å². The third kappa shape index (κ3) is 8.95. The SMILES string of the molecule is COC(=O)CCCCCCCCCOc1ccc(N2CCN(C(C)(C)C)CC2)cc1. The van der Waals surface area contributed by atoms with Gasteiger partial charge in [-0.15, -0.1) is 0 Å². The lowest BCUT2D eigenvalue weighted by Gasteiger charge is -2.43. The Labute approximate surface area is 183 Å². The van der Waals surface area contributed by atoms with E-state index >= 15 is 0 Å². The van der Waals surface area contributed by atoms with Crippen LogP contribution in [0, 0.1) is 0 Å². The number of carbonyl (C=O) groups excluding carboxylic acids is 1. The van der Waals surface area contributed by atoms with Crippen molar-refractivity contribution in [2.24, 2.45) is 0 Å². The number of rotatable bonds is 12. The van der Waals surface area contributed by atoms with Gasteiger partial charge in [-0.1, -0.05) is 32.1 Å². The van der Waals surface area contributed by atoms with Crippen LogP contribution in [0.3, 0.4) is 0 Å². The zero-order valence-corrected chi connectivity index (χ0v) is 19.6. The van der Waals surface area contributed by atoms with Crippen LogP contribution in [0.2, 0.25) is 0 Å². The molecule has 1 heterocycles. The van der Waals surface area contributed by atoms with Gasteiger partial charge in [0.25, 0.3) is 0 Å². The fourth-order valence-electron chi connectivity index (χ4n) is 3.94. The van der Waals surface area contributed by atoms with E-state index in [1.807, 2.05) is 0 Å². The average Bonchev–Trinajstić information content (AvgIpc) is 2.74. The summed E-state index contributed by atoms with van der Waals surface area (Å²) in [5.74, 6) is 0.873. The minimum Gasteiger partial charge on any atom is -0.494 e. The Morgan fingerprint density at radius 1 is 0.867 bits per heavy atom. The fourth-order valence-corrected chi connectivity index (χ4v) is 3.94. The molecule has 0 spiro atoms. The van der Waals surface area contributed by atoms with E-state index in [9.17, 15) is 4.79 Å². The van der Waals surface area contributed by atoms with E-state index in [-0.39, 0.29) is 11.5 Å². The van der Waals surface area contributed by atoms with Gasteiger partial charge in [0, 0.05) is 43.8 Å². The third-order valence-electron chi connectivity index (χ3n) is 5.95. The number of esters is 1. The minimum absolute atomic E-state index is 0.0942. The Balaban J connectivity index is 1.53. The number of piperazine rings is 1. The van der Waals surface area contributed by atoms with Crippen molar-refractivity contribution in [2.45, 2.75) is 77.7 Å². The third-order valence-corrected chi connectivity index (χ3v) is 5.95. The van der Waals surface area contributed by atoms with E-state index in [1.165, 1.54) is 38.5 Å². The number of hydrogen-bond acceptors (Lipinski definition) is 5. The van der Waals surface area contributed by atoms with Crippen LogP contribution in [0.5, 0.6) is 5.75 Å². The molecule has 2 rings (SSSR count). The number of unbranched alkanes of at least 4 members (excludes halogenated alkanes) is 6. The predicted molar refractivity (Wildman–Crippen MR) is 124 cm³/mol. The second-order valence-electron chi connectivity index (χ2n) is 9.29. The molecule has 0 aliphatic carbocycles. The van der Waals surface area contributed by atoms with Gasteiger partial charge in [0.15, 0.2) is 0 Å². The molecule has 0 unspecified atom stereocenters. The highest BCUT2D eigenvalue weighted by molar-refractivity contribution is 5.68. The first-order valence-corrected chi connectivity index (χ1v) is 11.7. The summed E-state index contributed by atoms with van der Waals surface area (Å²) in [6.45, 7) is 12.1. The number of carbonyl (C=O) groups is 1. The Morgan fingerprint density at radius 3 is 2.00 bits per heavy atom. The molecule has 0 saturated carbocycles. The molecule has 0 atom stereocenters. The summed E-state index contributed by atoms with van der Waals surface area (Å²) >= 11 is 0. The van der Waals surface area contributed by atoms with Gasteiger partial charge < -0.3 is 14.4 Å². The Morgan fingerprint density at radius 2 is 1.43 bits per heavy atom. The van der Waals surface area contributed by atoms with Crippen molar-refractivity contribution in [3.63, 3.8) is 0 Å². The van der Waals surface area contributed by atoms with Gasteiger partial charge >= 0.3 is 5.97 Å². The zero-order valence-electron chi connectivity index (χ0n) is 19.6. The fraction of sp³-hybridized carbons (Fsp3) is 0.720. The van der Waals surface area contributed by atoms with Gasteiger partial charge in [-0.25, -0.2) is 0 Å². The quantitative estimate of drug-likeness (QED) is 0.341. The minimum atomic E-state index is -0.0942. The molecule has 0 aromatic heterocycles. The standard InChI is InChI=1S/C25H42N2O3/c1-25(2,3)27-19-17-26(18-20-27)22-13-15-23(16-14-22)30-21-11-9-7-5-6-8-10-12-24(28)29-4/h13-16H,5-12,17-21H2,1-4H3. The first kappa shape index (κ1) is 24.5. The largest absolute Gasteiger partial charge is 0.494 e. The van der Waals surface area contributed by atoms with Crippen molar-refractivity contribution in [3.8, 4) is 5.75 Å². The summed E-state index contributed by atoms with van der Waals surface area (Å²) in [5, 5.41) is 0. The zero-order chi connectivity index (χ0) is 21.8. The van der Waals surface area contributed by atoms with Crippen molar-refractivity contribution in [3.05, 3.63) is 24.3 Å². The maximum absolute atomic E-state index is 11.0. The van der Waals surface area contributed by atoms with Gasteiger partial charge in [-0.05, 0) is 57.9 Å². The van der Waals surface area contributed by atoms with E-state index in [0.29, 0.717) is 6.42 Å². The molecule has 30 heavy (non-hydrogen) atoms. The first-order chi connectivity index (χ1) is 14.4. The lowest BCUT2D eigenvalue weighted by molar-refractivity contribution is -0.140. The van der Waals surface area contributed by atoms with Crippen LogP contribution in [0.1, 0.15) is 72.1 Å². The van der Waals surface area contributed by atoms with Crippen LogP contribution in [0.15, 0.2) is 24.3 Å². The van der Waals surface area contributed by atoms with E-state index in [4.69, 9.17) is 4.74 Å². The summed E-state index contributed by atoms with van der Waals surface area (Å²) in [6, 6.07) is 8.59. The van der Waals surface area contributed by atoms with Crippen molar-refractivity contribution in [2.75, 3.05) is 44.8 Å². The van der Waals surface area contributed by atoms with Gasteiger partial charge in [0.05, 0.1) is 13.7 Å². The van der Waals surface area contributed by atoms with Gasteiger partial charge in [0.1, 0.15) is 5.75 Å². The van der Waals surface area contributed by atoms with Crippen LogP contribution in [-0.2, 0) is 9.53 Å². The molecule has 1 aliphatic heterocycles. The molecule has 0 bridgehead atoms. The van der Waals surface area contributed by atoms with Crippen LogP contribution < -0.4 is 9.64 Å². The molecule has 5 nitrogen and oxygen atoms in total. The number of nitrogens with zero attached hydrogens (tertiary/aromatic N) is 2. The number of methoxy groups -OCH3 is 1. The molecular formula is C25H42N2O3. The molecule has 1 aromatic rings. The van der Waals surface area contributed by atoms with Gasteiger partial charge in [0.2, 0.25) is 0 Å². The lowest BCUT2D eigenvalue weighted by atomic mass is 10.0. The molecule has 5 heteroatoms. The molecule has 1 aromatic carbocycles. The van der Waals surface area contributed by atoms with Crippen LogP contribution >= 0.6 is 0 Å². The highest BCUT2D eigenvalue weighted by Gasteiger charge is 2.25. The molecule has 0 amide bonds. The smallest absolute Gasteiger partial charge is 0.305 e. The second-order valence-corrected chi connectivity index (χ2v) is 9.29. The van der Waals surface area contributed by atoms with Crippen LogP contribution in [-0.4, -0.2) is 56.3 Å². The number of ether oxygens (including phenoxy) is 2. The van der Waals surface area contributed by atoms with E-state index in [1.54, 1.807) is 0 Å². The van der Waals surface area contributed by atoms with Crippen molar-refractivity contribution >= 4 is 11.7 Å². The summed E-state index contributed by atoms with van der Waals surface area (Å²) in [6.07, 6.45) is 8.58. The van der Waals surface area contributed by atoms with E-state index in [0.717, 1.165) is 57.8 Å². The molecule has 0 N–H and O–H groups in total. The lowest BCUT2D eigenvalue weighted by Crippen LogP contribution is -2.53. The highest BCUT2D eigenvalue weighted by Crippen LogP contribution is 2.23. The van der Waals surface area contributed by atoms with Gasteiger partial charge in [-0.2, -0.15) is 0 Å². The molecule has 170 valence electrons. The highest BCUT2D eigenvalue weighted by atomic mass is 16.5. The number of benzene rings is 1. The van der Waals surface area contributed by atoms with Crippen molar-refractivity contribution in [1.29, 1.82) is 0 Å². The number of anilines is 1. The normalized spacial score (nSPS) is 15.3. The molecule has 1 aliphatic rings. The summed E-state index contributed by atoms with van der Waals surface area (Å²) in [5.41, 5.74) is 1.55. The Hall–Kier alpha value is -1.75.